The van der Waals surface area contributed by atoms with E-state index in [0.29, 0.717) is 23.5 Å². The van der Waals surface area contributed by atoms with Gasteiger partial charge in [-0.25, -0.2) is 12.8 Å². The van der Waals surface area contributed by atoms with Crippen LogP contribution in [0.25, 0.3) is 11.3 Å². The lowest BCUT2D eigenvalue weighted by Gasteiger charge is -2.09. The van der Waals surface area contributed by atoms with Crippen LogP contribution in [0.5, 0.6) is 0 Å². The highest BCUT2D eigenvalue weighted by atomic mass is 32.2. The van der Waals surface area contributed by atoms with Gasteiger partial charge in [-0.1, -0.05) is 12.1 Å². The van der Waals surface area contributed by atoms with E-state index in [0.717, 1.165) is 18.5 Å². The molecule has 0 saturated heterocycles. The van der Waals surface area contributed by atoms with Crippen molar-refractivity contribution in [2.45, 2.75) is 37.1 Å². The molecule has 1 saturated carbocycles. The summed E-state index contributed by atoms with van der Waals surface area (Å²) < 4.78 is 43.4. The fraction of sp³-hybridized carbons (Fsp3) is 0.294. The van der Waals surface area contributed by atoms with Gasteiger partial charge in [-0.05, 0) is 31.9 Å². The van der Waals surface area contributed by atoms with Crippen molar-refractivity contribution in [3.05, 3.63) is 48.2 Å². The highest BCUT2D eigenvalue weighted by Crippen LogP contribution is 2.45. The Bertz CT molecular complexity index is 1050. The van der Waals surface area contributed by atoms with Gasteiger partial charge in [0.25, 0.3) is 10.0 Å². The van der Waals surface area contributed by atoms with Crippen LogP contribution in [0.2, 0.25) is 0 Å². The molecule has 1 aliphatic rings. The Labute approximate surface area is 150 Å². The van der Waals surface area contributed by atoms with E-state index >= 15 is 0 Å². The second-order valence-electron chi connectivity index (χ2n) is 6.28. The van der Waals surface area contributed by atoms with Gasteiger partial charge >= 0.3 is 0 Å². The number of nitrogens with zero attached hydrogens (tertiary/aromatic N) is 3. The van der Waals surface area contributed by atoms with E-state index in [2.05, 4.69) is 20.0 Å². The van der Waals surface area contributed by atoms with Crippen molar-refractivity contribution in [2.24, 2.45) is 0 Å². The van der Waals surface area contributed by atoms with E-state index in [9.17, 15) is 12.8 Å². The van der Waals surface area contributed by atoms with Crippen LogP contribution in [0, 0.1) is 5.82 Å². The minimum Gasteiger partial charge on any atom is -0.279 e. The summed E-state index contributed by atoms with van der Waals surface area (Å²) in [6.07, 6.45) is 4.71. The van der Waals surface area contributed by atoms with Crippen molar-refractivity contribution in [3.8, 4) is 11.3 Å². The number of hydrogen-bond acceptors (Lipinski definition) is 4. The first-order valence-electron chi connectivity index (χ1n) is 8.37. The second-order valence-corrected chi connectivity index (χ2v) is 7.97. The van der Waals surface area contributed by atoms with Gasteiger partial charge in [0.05, 0.1) is 17.6 Å². The number of benzene rings is 1. The third kappa shape index (κ3) is 3.10. The third-order valence-electron chi connectivity index (χ3n) is 4.36. The normalized spacial score (nSPS) is 14.5. The number of aryl methyl sites for hydroxylation is 1. The minimum absolute atomic E-state index is 0.0764. The fourth-order valence-electron chi connectivity index (χ4n) is 2.82. The van der Waals surface area contributed by atoms with Crippen molar-refractivity contribution in [2.75, 3.05) is 4.72 Å². The van der Waals surface area contributed by atoms with Crippen LogP contribution in [0.15, 0.2) is 41.6 Å². The molecule has 2 heterocycles. The van der Waals surface area contributed by atoms with E-state index in [1.165, 1.54) is 24.5 Å². The van der Waals surface area contributed by atoms with E-state index in [-0.39, 0.29) is 10.8 Å². The minimum atomic E-state index is -3.83. The summed E-state index contributed by atoms with van der Waals surface area (Å²) in [4.78, 5) is 0.0764. The predicted octanol–water partition coefficient (Wildman–Crippen LogP) is 3.11. The highest BCUT2D eigenvalue weighted by Gasteiger charge is 2.32. The summed E-state index contributed by atoms with van der Waals surface area (Å²) in [6.45, 7) is 2.45. The van der Waals surface area contributed by atoms with Crippen molar-refractivity contribution in [1.29, 1.82) is 0 Å². The summed E-state index contributed by atoms with van der Waals surface area (Å²) in [5.41, 5.74) is 2.01. The first-order valence-corrected chi connectivity index (χ1v) is 9.85. The first kappa shape index (κ1) is 16.8. The Morgan fingerprint density at radius 3 is 2.85 bits per heavy atom. The van der Waals surface area contributed by atoms with Crippen molar-refractivity contribution in [3.63, 3.8) is 0 Å². The smallest absolute Gasteiger partial charge is 0.265 e. The van der Waals surface area contributed by atoms with Gasteiger partial charge in [-0.15, -0.1) is 0 Å². The molecule has 0 atom stereocenters. The maximum absolute atomic E-state index is 13.6. The summed E-state index contributed by atoms with van der Waals surface area (Å²) >= 11 is 0. The molecule has 2 aromatic heterocycles. The molecule has 9 heteroatoms. The summed E-state index contributed by atoms with van der Waals surface area (Å²) in [7, 11) is -3.83. The molecule has 0 amide bonds. The summed E-state index contributed by atoms with van der Waals surface area (Å²) in [5, 5.41) is 11.2. The van der Waals surface area contributed by atoms with Crippen LogP contribution < -0.4 is 4.72 Å². The SMILES string of the molecule is CCn1cc(S(=O)(=O)Nc2c(-c3cccc(F)c3)n[nH]c2C2CC2)cn1. The standard InChI is InChI=1S/C17H18FN5O2S/c1-2-23-10-14(9-19-23)26(24,25)22-17-15(11-6-7-11)20-21-16(17)12-4-3-5-13(18)8-12/h3-5,8-11,22H,2,6-7H2,1H3,(H,20,21). The Balaban J connectivity index is 1.76. The Morgan fingerprint density at radius 1 is 1.38 bits per heavy atom. The molecule has 0 spiro atoms. The molecule has 3 aromatic rings. The lowest BCUT2D eigenvalue weighted by molar-refractivity contribution is 0.600. The van der Waals surface area contributed by atoms with E-state index in [1.54, 1.807) is 16.8 Å². The summed E-state index contributed by atoms with van der Waals surface area (Å²) in [6, 6.07) is 5.93. The van der Waals surface area contributed by atoms with E-state index < -0.39 is 15.8 Å². The van der Waals surface area contributed by atoms with Gasteiger partial charge in [-0.2, -0.15) is 10.2 Å². The van der Waals surface area contributed by atoms with Crippen LogP contribution in [0.4, 0.5) is 10.1 Å². The molecule has 0 aliphatic heterocycles. The van der Waals surface area contributed by atoms with Crippen molar-refractivity contribution >= 4 is 15.7 Å². The first-order chi connectivity index (χ1) is 12.5. The lowest BCUT2D eigenvalue weighted by atomic mass is 10.1. The maximum atomic E-state index is 13.6. The second kappa shape index (κ2) is 6.24. The van der Waals surface area contributed by atoms with E-state index in [1.807, 2.05) is 6.92 Å². The molecule has 0 radical (unpaired) electrons. The molecule has 2 N–H and O–H groups in total. The van der Waals surface area contributed by atoms with Crippen molar-refractivity contribution < 1.29 is 12.8 Å². The van der Waals surface area contributed by atoms with Gasteiger partial charge < -0.3 is 0 Å². The lowest BCUT2D eigenvalue weighted by Crippen LogP contribution is -2.13. The number of anilines is 1. The van der Waals surface area contributed by atoms with Gasteiger partial charge in [0.2, 0.25) is 0 Å². The molecule has 136 valence electrons. The average Bonchev–Trinajstić information content (AvgIpc) is 3.18. The monoisotopic (exact) mass is 375 g/mol. The van der Waals surface area contributed by atoms with E-state index in [4.69, 9.17) is 0 Å². The van der Waals surface area contributed by atoms with Crippen LogP contribution in [-0.4, -0.2) is 28.4 Å². The molecule has 0 bridgehead atoms. The molecule has 0 unspecified atom stereocenters. The Morgan fingerprint density at radius 2 is 2.19 bits per heavy atom. The maximum Gasteiger partial charge on any atom is 0.265 e. The molecule has 1 fully saturated rings. The van der Waals surface area contributed by atoms with Gasteiger partial charge in [0.15, 0.2) is 0 Å². The molecular weight excluding hydrogens is 357 g/mol. The third-order valence-corrected chi connectivity index (χ3v) is 5.66. The number of halogens is 1. The van der Waals surface area contributed by atoms with Crippen LogP contribution in [0.1, 0.15) is 31.4 Å². The molecule has 1 aromatic carbocycles. The molecule has 1 aliphatic carbocycles. The van der Waals surface area contributed by atoms with Gasteiger partial charge in [0, 0.05) is 24.2 Å². The highest BCUT2D eigenvalue weighted by molar-refractivity contribution is 7.92. The number of hydrogen-bond donors (Lipinski definition) is 2. The molecule has 4 rings (SSSR count). The molecule has 26 heavy (non-hydrogen) atoms. The number of H-pyrrole nitrogens is 1. The molecular formula is C17H18FN5O2S. The van der Waals surface area contributed by atoms with Crippen molar-refractivity contribution in [1.82, 2.24) is 20.0 Å². The quantitative estimate of drug-likeness (QED) is 0.692. The Kier molecular flexibility index (Phi) is 4.03. The average molecular weight is 375 g/mol. The fourth-order valence-corrected chi connectivity index (χ4v) is 3.86. The molecule has 7 nitrogen and oxygen atoms in total. The van der Waals surface area contributed by atoms with Crippen LogP contribution in [-0.2, 0) is 16.6 Å². The number of aromatic amines is 1. The zero-order valence-corrected chi connectivity index (χ0v) is 14.9. The topological polar surface area (TPSA) is 92.7 Å². The van der Waals surface area contributed by atoms with Gasteiger partial charge in [0.1, 0.15) is 16.4 Å². The predicted molar refractivity (Wildman–Crippen MR) is 94.7 cm³/mol. The number of aromatic nitrogens is 4. The van der Waals surface area contributed by atoms with Crippen LogP contribution in [0.3, 0.4) is 0 Å². The number of sulfonamides is 1. The number of nitrogens with one attached hydrogen (secondary N) is 2. The number of rotatable bonds is 6. The summed E-state index contributed by atoms with van der Waals surface area (Å²) in [5.74, 6) is -0.169. The Hall–Kier alpha value is -2.68. The largest absolute Gasteiger partial charge is 0.279 e. The zero-order valence-electron chi connectivity index (χ0n) is 14.1. The van der Waals surface area contributed by atoms with Crippen LogP contribution >= 0.6 is 0 Å². The zero-order chi connectivity index (χ0) is 18.3. The van der Waals surface area contributed by atoms with Gasteiger partial charge in [-0.3, -0.25) is 14.5 Å².